The van der Waals surface area contributed by atoms with Crippen LogP contribution in [0.15, 0.2) is 43.1 Å². The monoisotopic (exact) mass is 310 g/mol. The van der Waals surface area contributed by atoms with Gasteiger partial charge in [-0.1, -0.05) is 6.08 Å². The molecule has 3 unspecified atom stereocenters. The van der Waals surface area contributed by atoms with Crippen molar-refractivity contribution < 1.29 is 10.2 Å². The van der Waals surface area contributed by atoms with E-state index in [0.29, 0.717) is 11.8 Å². The smallest absolute Gasteiger partial charge is 0.116 e. The molecule has 4 heteroatoms. The third-order valence-electron chi connectivity index (χ3n) is 5.60. The van der Waals surface area contributed by atoms with Crippen molar-refractivity contribution in [2.75, 3.05) is 13.1 Å². The lowest BCUT2D eigenvalue weighted by molar-refractivity contribution is -0.0444. The number of phenols is 1. The van der Waals surface area contributed by atoms with Crippen molar-refractivity contribution in [3.63, 3.8) is 0 Å². The van der Waals surface area contributed by atoms with Gasteiger partial charge in [0.2, 0.25) is 0 Å². The van der Waals surface area contributed by atoms with Crippen LogP contribution in [0, 0.1) is 11.8 Å². The number of hydrogen-bond donors (Lipinski definition) is 2. The second kappa shape index (κ2) is 5.62. The third-order valence-corrected chi connectivity index (χ3v) is 5.60. The molecular weight excluding hydrogens is 288 g/mol. The molecule has 1 aromatic carbocycles. The Balaban J connectivity index is 1.69. The topological polar surface area (TPSA) is 56.6 Å². The molecule has 0 saturated carbocycles. The number of fused-ring (bicyclic) bond motifs is 4. The number of aromatic hydroxyl groups is 1. The second-order valence-corrected chi connectivity index (χ2v) is 6.79. The number of aliphatic hydroxyl groups is 1. The molecule has 0 spiro atoms. The maximum atomic E-state index is 11.0. The summed E-state index contributed by atoms with van der Waals surface area (Å²) in [5, 5.41) is 21.7. The van der Waals surface area contributed by atoms with Crippen molar-refractivity contribution in [2.24, 2.45) is 11.8 Å². The first-order chi connectivity index (χ1) is 11.2. The average Bonchev–Trinajstić information content (AvgIpc) is 2.60. The molecular formula is C19H22N2O2. The third kappa shape index (κ3) is 2.42. The van der Waals surface area contributed by atoms with E-state index in [9.17, 15) is 10.2 Å². The molecule has 120 valence electrons. The van der Waals surface area contributed by atoms with Gasteiger partial charge in [0.1, 0.15) is 5.75 Å². The Morgan fingerprint density at radius 3 is 2.96 bits per heavy atom. The van der Waals surface area contributed by atoms with Crippen LogP contribution in [0.2, 0.25) is 0 Å². The summed E-state index contributed by atoms with van der Waals surface area (Å²) in [6.07, 6.45) is 5.44. The number of aromatic nitrogens is 1. The minimum Gasteiger partial charge on any atom is -0.508 e. The van der Waals surface area contributed by atoms with Gasteiger partial charge in [0.25, 0.3) is 0 Å². The lowest BCUT2D eigenvalue weighted by Crippen LogP contribution is -2.54. The van der Waals surface area contributed by atoms with Crippen LogP contribution >= 0.6 is 0 Å². The zero-order chi connectivity index (χ0) is 16.0. The molecule has 3 aliphatic rings. The first kappa shape index (κ1) is 14.7. The first-order valence-corrected chi connectivity index (χ1v) is 8.29. The van der Waals surface area contributed by atoms with Crippen LogP contribution < -0.4 is 0 Å². The van der Waals surface area contributed by atoms with Gasteiger partial charge in [-0.05, 0) is 61.1 Å². The zero-order valence-corrected chi connectivity index (χ0v) is 13.1. The normalized spacial score (nSPS) is 31.2. The highest BCUT2D eigenvalue weighted by atomic mass is 16.3. The van der Waals surface area contributed by atoms with Gasteiger partial charge < -0.3 is 10.2 Å². The first-order valence-electron chi connectivity index (χ1n) is 8.29. The number of rotatable bonds is 3. The van der Waals surface area contributed by atoms with E-state index in [1.807, 2.05) is 6.07 Å². The summed E-state index contributed by atoms with van der Waals surface area (Å²) in [4.78, 5) is 6.73. The summed E-state index contributed by atoms with van der Waals surface area (Å²) in [7, 11) is 0. The van der Waals surface area contributed by atoms with Crippen molar-refractivity contribution >= 4 is 10.9 Å². The van der Waals surface area contributed by atoms with Gasteiger partial charge in [-0.2, -0.15) is 0 Å². The minimum absolute atomic E-state index is 0.137. The molecule has 0 amide bonds. The summed E-state index contributed by atoms with van der Waals surface area (Å²) >= 11 is 0. The van der Waals surface area contributed by atoms with E-state index in [1.54, 1.807) is 24.4 Å². The molecule has 3 fully saturated rings. The van der Waals surface area contributed by atoms with Crippen LogP contribution in [-0.4, -0.2) is 39.2 Å². The quantitative estimate of drug-likeness (QED) is 0.856. The van der Waals surface area contributed by atoms with E-state index in [0.717, 1.165) is 36.0 Å². The molecule has 5 atom stereocenters. The van der Waals surface area contributed by atoms with Gasteiger partial charge in [0, 0.05) is 24.2 Å². The van der Waals surface area contributed by atoms with Crippen LogP contribution in [0.3, 0.4) is 0 Å². The molecule has 0 radical (unpaired) electrons. The molecule has 23 heavy (non-hydrogen) atoms. The van der Waals surface area contributed by atoms with Gasteiger partial charge in [-0.25, -0.2) is 0 Å². The number of phenolic OH excluding ortho intramolecular Hbond substituents is 1. The summed E-state index contributed by atoms with van der Waals surface area (Å²) in [6, 6.07) is 7.14. The number of hydrogen-bond acceptors (Lipinski definition) is 4. The maximum absolute atomic E-state index is 11.0. The summed E-state index contributed by atoms with van der Waals surface area (Å²) in [5.41, 5.74) is 1.66. The number of aliphatic hydroxyl groups excluding tert-OH is 1. The molecule has 5 rings (SSSR count). The van der Waals surface area contributed by atoms with E-state index in [4.69, 9.17) is 0 Å². The Bertz CT molecular complexity index is 745. The highest BCUT2D eigenvalue weighted by Gasteiger charge is 2.42. The molecule has 3 saturated heterocycles. The van der Waals surface area contributed by atoms with Crippen LogP contribution in [-0.2, 0) is 0 Å². The Morgan fingerprint density at radius 1 is 1.35 bits per heavy atom. The fraction of sp³-hybridized carbons (Fsp3) is 0.421. The van der Waals surface area contributed by atoms with Gasteiger partial charge in [-0.3, -0.25) is 9.88 Å². The zero-order valence-electron chi connectivity index (χ0n) is 13.1. The van der Waals surface area contributed by atoms with Crippen LogP contribution in [0.1, 0.15) is 24.5 Å². The fourth-order valence-corrected chi connectivity index (χ4v) is 4.33. The lowest BCUT2D eigenvalue weighted by Gasteiger charge is -2.50. The minimum atomic E-state index is -0.559. The van der Waals surface area contributed by atoms with Crippen LogP contribution in [0.5, 0.6) is 5.75 Å². The second-order valence-electron chi connectivity index (χ2n) is 6.79. The SMILES string of the molecule is C=C[C@@H]1CN2CCC1CC2[C@@H](O)c1ccnc2ccc(O)cc12. The largest absolute Gasteiger partial charge is 0.508 e. The maximum Gasteiger partial charge on any atom is 0.116 e. The predicted octanol–water partition coefficient (Wildman–Crippen LogP) is 2.87. The molecule has 4 nitrogen and oxygen atoms in total. The van der Waals surface area contributed by atoms with Gasteiger partial charge in [-0.15, -0.1) is 6.58 Å². The predicted molar refractivity (Wildman–Crippen MR) is 90.1 cm³/mol. The highest BCUT2D eigenvalue weighted by Crippen LogP contribution is 2.42. The Kier molecular flexibility index (Phi) is 3.58. The van der Waals surface area contributed by atoms with E-state index < -0.39 is 6.10 Å². The van der Waals surface area contributed by atoms with Crippen molar-refractivity contribution in [1.82, 2.24) is 9.88 Å². The van der Waals surface area contributed by atoms with Gasteiger partial charge in [0.15, 0.2) is 0 Å². The Morgan fingerprint density at radius 2 is 2.22 bits per heavy atom. The Hall–Kier alpha value is -1.91. The summed E-state index contributed by atoms with van der Waals surface area (Å²) in [6.45, 7) is 5.99. The van der Waals surface area contributed by atoms with Gasteiger partial charge >= 0.3 is 0 Å². The fourth-order valence-electron chi connectivity index (χ4n) is 4.33. The molecule has 2 bridgehead atoms. The van der Waals surface area contributed by atoms with Crippen LogP contribution in [0.25, 0.3) is 10.9 Å². The molecule has 0 aliphatic carbocycles. The highest BCUT2D eigenvalue weighted by molar-refractivity contribution is 5.83. The number of benzene rings is 1. The van der Waals surface area contributed by atoms with Crippen molar-refractivity contribution in [2.45, 2.75) is 25.0 Å². The molecule has 1 aromatic heterocycles. The molecule has 3 aliphatic heterocycles. The lowest BCUT2D eigenvalue weighted by atomic mass is 9.73. The standard InChI is InChI=1S/C19H22N2O2/c1-2-12-11-21-8-6-13(12)9-18(21)19(23)15-5-7-20-17-4-3-14(22)10-16(15)17/h2-5,7,10,12-13,18-19,22-23H,1,6,8-9,11H2/t12-,13?,18?,19+/m1/s1. The van der Waals surface area contributed by atoms with E-state index in [2.05, 4.69) is 22.5 Å². The van der Waals surface area contributed by atoms with E-state index >= 15 is 0 Å². The van der Waals surface area contributed by atoms with Gasteiger partial charge in [0.05, 0.1) is 11.6 Å². The van der Waals surface area contributed by atoms with Crippen molar-refractivity contribution in [1.29, 1.82) is 0 Å². The van der Waals surface area contributed by atoms with Crippen LogP contribution in [0.4, 0.5) is 0 Å². The number of nitrogens with zero attached hydrogens (tertiary/aromatic N) is 2. The molecule has 4 heterocycles. The van der Waals surface area contributed by atoms with E-state index in [-0.39, 0.29) is 11.8 Å². The van der Waals surface area contributed by atoms with E-state index in [1.165, 1.54) is 6.42 Å². The molecule has 2 N–H and O–H groups in total. The summed E-state index contributed by atoms with van der Waals surface area (Å²) in [5.74, 6) is 1.38. The Labute approximate surface area is 136 Å². The molecule has 2 aromatic rings. The summed E-state index contributed by atoms with van der Waals surface area (Å²) < 4.78 is 0. The number of pyridine rings is 1. The average molecular weight is 310 g/mol. The van der Waals surface area contributed by atoms with Crippen molar-refractivity contribution in [3.05, 3.63) is 48.7 Å². The number of piperidine rings is 3. The van der Waals surface area contributed by atoms with Crippen molar-refractivity contribution in [3.8, 4) is 5.75 Å².